The van der Waals surface area contributed by atoms with E-state index in [1.807, 2.05) is 12.1 Å². The molecule has 0 bridgehead atoms. The number of rotatable bonds is 3. The fourth-order valence-corrected chi connectivity index (χ4v) is 2.64. The molecule has 19 heavy (non-hydrogen) atoms. The quantitative estimate of drug-likeness (QED) is 0.712. The summed E-state index contributed by atoms with van der Waals surface area (Å²) in [5.74, 6) is -0.956. The van der Waals surface area contributed by atoms with Gasteiger partial charge in [0.2, 0.25) is 0 Å². The van der Waals surface area contributed by atoms with Gasteiger partial charge in [0.25, 0.3) is 0 Å². The summed E-state index contributed by atoms with van der Waals surface area (Å²) in [6, 6.07) is 6.84. The van der Waals surface area contributed by atoms with E-state index < -0.39 is 17.5 Å². The minimum absolute atomic E-state index is 0.467. The van der Waals surface area contributed by atoms with Gasteiger partial charge in [-0.2, -0.15) is 0 Å². The molecule has 0 unspecified atom stereocenters. The molecule has 0 aliphatic heterocycles. The summed E-state index contributed by atoms with van der Waals surface area (Å²) in [6.45, 7) is 0. The van der Waals surface area contributed by atoms with Crippen molar-refractivity contribution in [1.82, 2.24) is 5.32 Å². The lowest BCUT2D eigenvalue weighted by Crippen LogP contribution is -2.53. The molecule has 102 valence electrons. The van der Waals surface area contributed by atoms with Gasteiger partial charge in [-0.25, -0.2) is 9.59 Å². The van der Waals surface area contributed by atoms with E-state index in [9.17, 15) is 14.7 Å². The first-order valence-electron chi connectivity index (χ1n) is 6.10. The van der Waals surface area contributed by atoms with Gasteiger partial charge < -0.3 is 15.7 Å². The normalized spacial score (nSPS) is 16.9. The molecule has 0 atom stereocenters. The van der Waals surface area contributed by atoms with E-state index in [-0.39, 0.29) is 0 Å². The van der Waals surface area contributed by atoms with Crippen molar-refractivity contribution in [1.29, 1.82) is 0 Å². The number of anilines is 1. The molecule has 3 N–H and O–H groups in total. The molecule has 5 nitrogen and oxygen atoms in total. The van der Waals surface area contributed by atoms with Crippen LogP contribution in [0.1, 0.15) is 25.7 Å². The van der Waals surface area contributed by atoms with Crippen molar-refractivity contribution < 1.29 is 14.7 Å². The van der Waals surface area contributed by atoms with Gasteiger partial charge in [0.1, 0.15) is 5.54 Å². The molecule has 2 amide bonds. The Balaban J connectivity index is 2.00. The molecule has 0 aromatic heterocycles. The first-order chi connectivity index (χ1) is 9.02. The predicted octanol–water partition coefficient (Wildman–Crippen LogP) is 2.81. The number of carboxylic acid groups (broad SMARTS) is 1. The lowest BCUT2D eigenvalue weighted by Gasteiger charge is -2.25. The molecule has 0 spiro atoms. The zero-order valence-corrected chi connectivity index (χ0v) is 12.4. The minimum atomic E-state index is -1.10. The van der Waals surface area contributed by atoms with E-state index in [4.69, 9.17) is 0 Å². The second-order valence-corrected chi connectivity index (χ2v) is 5.93. The minimum Gasteiger partial charge on any atom is -0.480 e. The molecule has 1 aromatic carbocycles. The van der Waals surface area contributed by atoms with Gasteiger partial charge in [0.15, 0.2) is 0 Å². The number of benzene rings is 1. The Morgan fingerprint density at radius 3 is 2.26 bits per heavy atom. The van der Waals surface area contributed by atoms with Crippen LogP contribution in [0.2, 0.25) is 0 Å². The van der Waals surface area contributed by atoms with Gasteiger partial charge in [0, 0.05) is 9.26 Å². The molecule has 1 aromatic rings. The Bertz CT molecular complexity index is 481. The molecular formula is C13H15IN2O3. The molecule has 1 aliphatic rings. The molecule has 0 heterocycles. The molecule has 1 aliphatic carbocycles. The zero-order valence-electron chi connectivity index (χ0n) is 10.3. The lowest BCUT2D eigenvalue weighted by molar-refractivity contribution is -0.144. The molecule has 2 rings (SSSR count). The third-order valence-corrected chi connectivity index (χ3v) is 4.04. The second kappa shape index (κ2) is 5.77. The lowest BCUT2D eigenvalue weighted by atomic mass is 9.98. The number of carboxylic acids is 1. The molecule has 1 saturated carbocycles. The number of hydrogen-bond donors (Lipinski definition) is 3. The van der Waals surface area contributed by atoms with Crippen LogP contribution in [0.3, 0.4) is 0 Å². The van der Waals surface area contributed by atoms with Crippen LogP contribution in [0.5, 0.6) is 0 Å². The van der Waals surface area contributed by atoms with Crippen LogP contribution < -0.4 is 10.6 Å². The number of nitrogens with one attached hydrogen (secondary N) is 2. The molecule has 0 saturated heterocycles. The van der Waals surface area contributed by atoms with Crippen molar-refractivity contribution >= 4 is 40.3 Å². The highest BCUT2D eigenvalue weighted by Gasteiger charge is 2.42. The van der Waals surface area contributed by atoms with Crippen molar-refractivity contribution in [3.8, 4) is 0 Å². The van der Waals surface area contributed by atoms with E-state index in [1.165, 1.54) is 0 Å². The Kier molecular flexibility index (Phi) is 4.28. The average Bonchev–Trinajstić information content (AvgIpc) is 2.82. The van der Waals surface area contributed by atoms with Crippen LogP contribution in [-0.2, 0) is 4.79 Å². The highest BCUT2D eigenvalue weighted by atomic mass is 127. The topological polar surface area (TPSA) is 78.4 Å². The summed E-state index contributed by atoms with van der Waals surface area (Å²) in [7, 11) is 0. The van der Waals surface area contributed by atoms with E-state index in [1.54, 1.807) is 12.1 Å². The summed E-state index contributed by atoms with van der Waals surface area (Å²) < 4.78 is 1.07. The van der Waals surface area contributed by atoms with Gasteiger partial charge in [-0.05, 0) is 59.7 Å². The summed E-state index contributed by atoms with van der Waals surface area (Å²) in [4.78, 5) is 23.2. The Hall–Kier alpha value is -1.31. The number of carbonyl (C=O) groups excluding carboxylic acids is 1. The van der Waals surface area contributed by atoms with Crippen LogP contribution in [0.25, 0.3) is 0 Å². The first kappa shape index (κ1) is 14.1. The van der Waals surface area contributed by atoms with Gasteiger partial charge >= 0.3 is 12.0 Å². The van der Waals surface area contributed by atoms with Crippen molar-refractivity contribution in [3.05, 3.63) is 27.8 Å². The number of amides is 2. The van der Waals surface area contributed by atoms with Gasteiger partial charge in [-0.15, -0.1) is 0 Å². The van der Waals surface area contributed by atoms with Crippen LogP contribution >= 0.6 is 22.6 Å². The summed E-state index contributed by atoms with van der Waals surface area (Å²) in [5.41, 5.74) is -0.454. The third kappa shape index (κ3) is 3.37. The smallest absolute Gasteiger partial charge is 0.329 e. The number of carbonyl (C=O) groups is 2. The van der Waals surface area contributed by atoms with Gasteiger partial charge in [-0.3, -0.25) is 0 Å². The largest absolute Gasteiger partial charge is 0.480 e. The van der Waals surface area contributed by atoms with E-state index in [0.717, 1.165) is 16.4 Å². The number of urea groups is 1. The zero-order chi connectivity index (χ0) is 13.9. The van der Waals surface area contributed by atoms with Crippen LogP contribution in [0.15, 0.2) is 24.3 Å². The standard InChI is InChI=1S/C13H15IN2O3/c14-9-3-5-10(6-4-9)15-12(19)16-13(11(17)18)7-1-2-8-13/h3-6H,1-2,7-8H2,(H,17,18)(H2,15,16,19). The first-order valence-corrected chi connectivity index (χ1v) is 7.18. The van der Waals surface area contributed by atoms with Crippen molar-refractivity contribution in [2.75, 3.05) is 5.32 Å². The highest BCUT2D eigenvalue weighted by molar-refractivity contribution is 14.1. The highest BCUT2D eigenvalue weighted by Crippen LogP contribution is 2.30. The summed E-state index contributed by atoms with van der Waals surface area (Å²) in [5, 5.41) is 14.5. The van der Waals surface area contributed by atoms with E-state index in [0.29, 0.717) is 18.5 Å². The average molecular weight is 374 g/mol. The number of halogens is 1. The van der Waals surface area contributed by atoms with Crippen LogP contribution in [-0.4, -0.2) is 22.6 Å². The molecule has 6 heteroatoms. The molecule has 1 fully saturated rings. The van der Waals surface area contributed by atoms with Crippen molar-refractivity contribution in [2.45, 2.75) is 31.2 Å². The van der Waals surface area contributed by atoms with Gasteiger partial charge in [-0.1, -0.05) is 12.8 Å². The Labute approximate surface area is 124 Å². The molecular weight excluding hydrogens is 359 g/mol. The van der Waals surface area contributed by atoms with Crippen molar-refractivity contribution in [2.24, 2.45) is 0 Å². The summed E-state index contributed by atoms with van der Waals surface area (Å²) in [6.07, 6.45) is 2.64. The number of aliphatic carboxylic acids is 1. The van der Waals surface area contributed by atoms with E-state index >= 15 is 0 Å². The second-order valence-electron chi connectivity index (χ2n) is 4.68. The predicted molar refractivity (Wildman–Crippen MR) is 80.1 cm³/mol. The Morgan fingerprint density at radius 2 is 1.74 bits per heavy atom. The SMILES string of the molecule is O=C(Nc1ccc(I)cc1)NC1(C(=O)O)CCCC1. The maximum Gasteiger partial charge on any atom is 0.329 e. The fraction of sp³-hybridized carbons (Fsp3) is 0.385. The van der Waals surface area contributed by atoms with Crippen LogP contribution in [0.4, 0.5) is 10.5 Å². The van der Waals surface area contributed by atoms with E-state index in [2.05, 4.69) is 33.2 Å². The maximum atomic E-state index is 11.9. The fourth-order valence-electron chi connectivity index (χ4n) is 2.28. The summed E-state index contributed by atoms with van der Waals surface area (Å²) >= 11 is 2.18. The number of hydrogen-bond acceptors (Lipinski definition) is 2. The van der Waals surface area contributed by atoms with Crippen molar-refractivity contribution in [3.63, 3.8) is 0 Å². The van der Waals surface area contributed by atoms with Crippen LogP contribution in [0, 0.1) is 3.57 Å². The maximum absolute atomic E-state index is 11.9. The third-order valence-electron chi connectivity index (χ3n) is 3.32. The molecule has 0 radical (unpaired) electrons. The van der Waals surface area contributed by atoms with Gasteiger partial charge in [0.05, 0.1) is 0 Å². The monoisotopic (exact) mass is 374 g/mol. The Morgan fingerprint density at radius 1 is 1.16 bits per heavy atom.